The zero-order chi connectivity index (χ0) is 23.7. The Balaban J connectivity index is 1.56. The lowest BCUT2D eigenvalue weighted by Crippen LogP contribution is -2.35. The molecule has 0 spiro atoms. The monoisotopic (exact) mass is 449 g/mol. The maximum absolute atomic E-state index is 13.2. The fourth-order valence-electron chi connectivity index (χ4n) is 3.92. The minimum Gasteiger partial charge on any atom is -0.328 e. The third-order valence-electron chi connectivity index (χ3n) is 5.88. The van der Waals surface area contributed by atoms with E-state index < -0.39 is 17.3 Å². The third-order valence-corrected chi connectivity index (χ3v) is 5.88. The summed E-state index contributed by atoms with van der Waals surface area (Å²) in [6, 6.07) is 6.68. The van der Waals surface area contributed by atoms with Crippen LogP contribution in [0.1, 0.15) is 62.4 Å². The van der Waals surface area contributed by atoms with Crippen molar-refractivity contribution < 1.29 is 14.0 Å². The molecule has 8 nitrogen and oxygen atoms in total. The second kappa shape index (κ2) is 8.93. The summed E-state index contributed by atoms with van der Waals surface area (Å²) < 4.78 is 13.1. The van der Waals surface area contributed by atoms with Crippen LogP contribution in [0.2, 0.25) is 0 Å². The highest BCUT2D eigenvalue weighted by atomic mass is 19.1. The lowest BCUT2D eigenvalue weighted by molar-refractivity contribution is 0.0727. The molecule has 1 aliphatic heterocycles. The number of anilines is 1. The molecule has 1 aromatic carbocycles. The van der Waals surface area contributed by atoms with Gasteiger partial charge in [-0.1, -0.05) is 0 Å². The molecule has 2 amide bonds. The molecule has 0 aliphatic carbocycles. The number of nitrogens with zero attached hydrogens (tertiary/aromatic N) is 3. The second-order valence-electron chi connectivity index (χ2n) is 8.17. The van der Waals surface area contributed by atoms with Crippen LogP contribution in [0.15, 0.2) is 41.3 Å². The molecule has 2 aromatic heterocycles. The minimum atomic E-state index is -0.418. The van der Waals surface area contributed by atoms with Crippen molar-refractivity contribution in [3.8, 4) is 0 Å². The van der Waals surface area contributed by atoms with Crippen LogP contribution in [0.5, 0.6) is 0 Å². The van der Waals surface area contributed by atoms with Crippen LogP contribution in [-0.4, -0.2) is 38.2 Å². The molecule has 0 radical (unpaired) electrons. The van der Waals surface area contributed by atoms with E-state index in [1.165, 1.54) is 30.5 Å². The summed E-state index contributed by atoms with van der Waals surface area (Å²) >= 11 is 0. The quantitative estimate of drug-likeness (QED) is 0.634. The number of pyridine rings is 1. The number of aromatic nitrogens is 3. The molecule has 4 rings (SSSR count). The summed E-state index contributed by atoms with van der Waals surface area (Å²) in [5.74, 6) is -0.736. The number of rotatable bonds is 4. The van der Waals surface area contributed by atoms with Crippen molar-refractivity contribution >= 4 is 17.5 Å². The Morgan fingerprint density at radius 2 is 1.88 bits per heavy atom. The zero-order valence-corrected chi connectivity index (χ0v) is 18.6. The van der Waals surface area contributed by atoms with Crippen molar-refractivity contribution in [3.05, 3.63) is 86.6 Å². The van der Waals surface area contributed by atoms with Gasteiger partial charge in [0.15, 0.2) is 5.82 Å². The van der Waals surface area contributed by atoms with Gasteiger partial charge in [0.1, 0.15) is 11.4 Å². The van der Waals surface area contributed by atoms with Gasteiger partial charge >= 0.3 is 0 Å². The number of carbonyl (C=O) groups excluding carboxylic acids is 2. The fourth-order valence-corrected chi connectivity index (χ4v) is 3.92. The SMILES string of the molecule is Cc1cc(C(=O)N2CCC[C@H]2c2ncc(C(=O)Nc3ccc(F)cc3)c(C)n2)c(=O)[nH]c1C. The molecule has 2 N–H and O–H groups in total. The third kappa shape index (κ3) is 4.52. The number of aromatic amines is 1. The van der Waals surface area contributed by atoms with Gasteiger partial charge in [0.25, 0.3) is 17.4 Å². The predicted octanol–water partition coefficient (Wildman–Crippen LogP) is 3.46. The Morgan fingerprint density at radius 1 is 1.15 bits per heavy atom. The molecular formula is C24H24FN5O3. The van der Waals surface area contributed by atoms with Gasteiger partial charge in [-0.15, -0.1) is 0 Å². The van der Waals surface area contributed by atoms with Crippen molar-refractivity contribution in [3.63, 3.8) is 0 Å². The topological polar surface area (TPSA) is 108 Å². The number of halogens is 1. The second-order valence-corrected chi connectivity index (χ2v) is 8.17. The molecule has 0 bridgehead atoms. The van der Waals surface area contributed by atoms with Gasteiger partial charge in [-0.3, -0.25) is 14.4 Å². The van der Waals surface area contributed by atoms with E-state index in [0.29, 0.717) is 30.2 Å². The van der Waals surface area contributed by atoms with Gasteiger partial charge in [0, 0.05) is 24.1 Å². The lowest BCUT2D eigenvalue weighted by atomic mass is 10.1. The number of amides is 2. The number of H-pyrrole nitrogens is 1. The summed E-state index contributed by atoms with van der Waals surface area (Å²) in [5, 5.41) is 2.69. The van der Waals surface area contributed by atoms with E-state index in [9.17, 15) is 18.8 Å². The number of aryl methyl sites for hydroxylation is 3. The Bertz CT molecular complexity index is 1290. The van der Waals surface area contributed by atoms with Crippen LogP contribution in [-0.2, 0) is 0 Å². The molecular weight excluding hydrogens is 425 g/mol. The molecule has 0 saturated carbocycles. The highest BCUT2D eigenvalue weighted by molar-refractivity contribution is 6.04. The van der Waals surface area contributed by atoms with Crippen LogP contribution in [0.25, 0.3) is 0 Å². The standard InChI is InChI=1S/C24H24FN5O3/c1-13-11-18(22(31)28-14(13)2)24(33)30-10-4-5-20(30)21-26-12-19(15(3)27-21)23(32)29-17-8-6-16(25)7-9-17/h6-9,11-12,20H,4-5,10H2,1-3H3,(H,28,31)(H,29,32)/t20-/m0/s1. The van der Waals surface area contributed by atoms with Crippen LogP contribution < -0.4 is 10.9 Å². The van der Waals surface area contributed by atoms with Gasteiger partial charge in [-0.2, -0.15) is 0 Å². The van der Waals surface area contributed by atoms with E-state index in [4.69, 9.17) is 0 Å². The van der Waals surface area contributed by atoms with Crippen molar-refractivity contribution in [2.75, 3.05) is 11.9 Å². The Morgan fingerprint density at radius 3 is 2.58 bits per heavy atom. The summed E-state index contributed by atoms with van der Waals surface area (Å²) in [7, 11) is 0. The van der Waals surface area contributed by atoms with Crippen molar-refractivity contribution in [1.29, 1.82) is 0 Å². The number of hydrogen-bond acceptors (Lipinski definition) is 5. The summed E-state index contributed by atoms with van der Waals surface area (Å²) in [6.45, 7) is 5.81. The summed E-state index contributed by atoms with van der Waals surface area (Å²) in [6.07, 6.45) is 2.85. The maximum atomic E-state index is 13.2. The summed E-state index contributed by atoms with van der Waals surface area (Å²) in [5.41, 5.74) is 2.43. The molecule has 170 valence electrons. The fraction of sp³-hybridized carbons (Fsp3) is 0.292. The zero-order valence-electron chi connectivity index (χ0n) is 18.6. The molecule has 9 heteroatoms. The molecule has 1 fully saturated rings. The van der Waals surface area contributed by atoms with Gasteiger partial charge in [0.05, 0.1) is 17.3 Å². The largest absolute Gasteiger partial charge is 0.328 e. The van der Waals surface area contributed by atoms with Crippen LogP contribution in [0, 0.1) is 26.6 Å². The van der Waals surface area contributed by atoms with Crippen molar-refractivity contribution in [2.45, 2.75) is 39.7 Å². The number of benzene rings is 1. The number of carbonyl (C=O) groups is 2. The molecule has 1 atom stereocenters. The first-order valence-corrected chi connectivity index (χ1v) is 10.7. The van der Waals surface area contributed by atoms with E-state index in [1.807, 2.05) is 6.92 Å². The van der Waals surface area contributed by atoms with E-state index >= 15 is 0 Å². The normalized spacial score (nSPS) is 15.5. The van der Waals surface area contributed by atoms with Gasteiger partial charge in [-0.05, 0) is 69.5 Å². The first kappa shape index (κ1) is 22.3. The Kier molecular flexibility index (Phi) is 6.04. The van der Waals surface area contributed by atoms with Gasteiger partial charge in [0.2, 0.25) is 0 Å². The van der Waals surface area contributed by atoms with E-state index in [-0.39, 0.29) is 23.1 Å². The summed E-state index contributed by atoms with van der Waals surface area (Å²) in [4.78, 5) is 51.4. The number of likely N-dealkylation sites (tertiary alicyclic amines) is 1. The predicted molar refractivity (Wildman–Crippen MR) is 121 cm³/mol. The van der Waals surface area contributed by atoms with E-state index in [2.05, 4.69) is 20.3 Å². The van der Waals surface area contributed by atoms with Crippen LogP contribution in [0.4, 0.5) is 10.1 Å². The molecule has 0 unspecified atom stereocenters. The van der Waals surface area contributed by atoms with E-state index in [0.717, 1.165) is 17.7 Å². The van der Waals surface area contributed by atoms with Crippen LogP contribution in [0.3, 0.4) is 0 Å². The molecule has 3 heterocycles. The maximum Gasteiger partial charge on any atom is 0.261 e. The molecule has 1 aliphatic rings. The van der Waals surface area contributed by atoms with Crippen LogP contribution >= 0.6 is 0 Å². The highest BCUT2D eigenvalue weighted by Gasteiger charge is 2.34. The average Bonchev–Trinajstić information content (AvgIpc) is 3.27. The van der Waals surface area contributed by atoms with Gasteiger partial charge in [-0.25, -0.2) is 14.4 Å². The van der Waals surface area contributed by atoms with Crippen molar-refractivity contribution in [2.24, 2.45) is 0 Å². The Labute approximate surface area is 189 Å². The molecule has 1 saturated heterocycles. The molecule has 3 aromatic rings. The van der Waals surface area contributed by atoms with Crippen molar-refractivity contribution in [1.82, 2.24) is 19.9 Å². The average molecular weight is 449 g/mol. The molecule has 33 heavy (non-hydrogen) atoms. The first-order chi connectivity index (χ1) is 15.7. The van der Waals surface area contributed by atoms with Gasteiger partial charge < -0.3 is 15.2 Å². The lowest BCUT2D eigenvalue weighted by Gasteiger charge is -2.24. The number of hydrogen-bond donors (Lipinski definition) is 2. The minimum absolute atomic E-state index is 0.0945. The highest BCUT2D eigenvalue weighted by Crippen LogP contribution is 2.31. The van der Waals surface area contributed by atoms with E-state index in [1.54, 1.807) is 24.8 Å². The first-order valence-electron chi connectivity index (χ1n) is 10.7. The Hall–Kier alpha value is -3.88. The smallest absolute Gasteiger partial charge is 0.261 e. The number of nitrogens with one attached hydrogen (secondary N) is 2.